The summed E-state index contributed by atoms with van der Waals surface area (Å²) < 4.78 is 18.4. The number of methoxy groups -OCH3 is 1. The van der Waals surface area contributed by atoms with Gasteiger partial charge in [-0.05, 0) is 18.3 Å². The van der Waals surface area contributed by atoms with Gasteiger partial charge < -0.3 is 15.4 Å². The van der Waals surface area contributed by atoms with Crippen LogP contribution in [0.5, 0.6) is 5.75 Å². The van der Waals surface area contributed by atoms with Crippen molar-refractivity contribution in [3.05, 3.63) is 17.9 Å². The van der Waals surface area contributed by atoms with Crippen molar-refractivity contribution < 1.29 is 9.13 Å². The van der Waals surface area contributed by atoms with Gasteiger partial charge >= 0.3 is 0 Å². The highest BCUT2D eigenvalue weighted by Crippen LogP contribution is 2.40. The van der Waals surface area contributed by atoms with Gasteiger partial charge in [0.2, 0.25) is 0 Å². The molecule has 0 spiro atoms. The van der Waals surface area contributed by atoms with Crippen LogP contribution in [0.4, 0.5) is 15.8 Å². The normalized spacial score (nSPS) is 22.4. The second kappa shape index (κ2) is 4.43. The van der Waals surface area contributed by atoms with Crippen LogP contribution in [0.15, 0.2) is 12.1 Å². The van der Waals surface area contributed by atoms with Gasteiger partial charge in [-0.3, -0.25) is 0 Å². The lowest BCUT2D eigenvalue weighted by Crippen LogP contribution is -2.21. The maximum Gasteiger partial charge on any atom is 0.167 e. The van der Waals surface area contributed by atoms with Gasteiger partial charge in [-0.2, -0.15) is 0 Å². The van der Waals surface area contributed by atoms with Gasteiger partial charge in [-0.1, -0.05) is 6.92 Å². The lowest BCUT2D eigenvalue weighted by atomic mass is 10.2. The van der Waals surface area contributed by atoms with E-state index < -0.39 is 5.82 Å². The number of hydrogen-bond donors (Lipinski definition) is 1. The summed E-state index contributed by atoms with van der Waals surface area (Å²) >= 11 is 0. The average molecular weight is 238 g/mol. The van der Waals surface area contributed by atoms with Crippen LogP contribution in [-0.2, 0) is 0 Å². The second-order valence-corrected chi connectivity index (χ2v) is 4.90. The fourth-order valence-electron chi connectivity index (χ4n) is 2.15. The topological polar surface area (TPSA) is 38.5 Å². The van der Waals surface area contributed by atoms with Crippen LogP contribution in [-0.4, -0.2) is 20.7 Å². The zero-order chi connectivity index (χ0) is 12.6. The van der Waals surface area contributed by atoms with Crippen LogP contribution < -0.4 is 15.4 Å². The molecule has 1 aliphatic rings. The molecule has 2 N–H and O–H groups in total. The van der Waals surface area contributed by atoms with Crippen LogP contribution in [0, 0.1) is 17.7 Å². The Labute approximate surface area is 101 Å². The third kappa shape index (κ3) is 2.46. The standard InChI is InChI=1S/C13H19FN2O/c1-8-4-9(8)7-16(2)12-6-13(17-3)10(14)5-11(12)15/h5-6,8-9H,4,7,15H2,1-3H3. The van der Waals surface area contributed by atoms with Gasteiger partial charge in [-0.25, -0.2) is 4.39 Å². The maximum absolute atomic E-state index is 13.4. The van der Waals surface area contributed by atoms with Gasteiger partial charge in [0.15, 0.2) is 11.6 Å². The van der Waals surface area contributed by atoms with Crippen molar-refractivity contribution >= 4 is 11.4 Å². The minimum atomic E-state index is -0.415. The molecule has 17 heavy (non-hydrogen) atoms. The van der Waals surface area contributed by atoms with Crippen LogP contribution in [0.3, 0.4) is 0 Å². The SMILES string of the molecule is COc1cc(N(C)CC2CC2C)c(N)cc1F. The molecule has 0 saturated heterocycles. The molecule has 2 unspecified atom stereocenters. The maximum atomic E-state index is 13.4. The number of rotatable bonds is 4. The predicted octanol–water partition coefficient (Wildman–Crippen LogP) is 2.51. The highest BCUT2D eigenvalue weighted by Gasteiger charge is 2.33. The smallest absolute Gasteiger partial charge is 0.167 e. The Bertz CT molecular complexity index is 422. The molecular weight excluding hydrogens is 219 g/mol. The van der Waals surface area contributed by atoms with Crippen molar-refractivity contribution in [2.24, 2.45) is 11.8 Å². The molecule has 0 heterocycles. The van der Waals surface area contributed by atoms with E-state index in [-0.39, 0.29) is 5.75 Å². The summed E-state index contributed by atoms with van der Waals surface area (Å²) in [7, 11) is 3.44. The lowest BCUT2D eigenvalue weighted by Gasteiger charge is -2.22. The van der Waals surface area contributed by atoms with Crippen LogP contribution in [0.25, 0.3) is 0 Å². The third-order valence-electron chi connectivity index (χ3n) is 3.50. The highest BCUT2D eigenvalue weighted by molar-refractivity contribution is 5.69. The van der Waals surface area contributed by atoms with E-state index in [0.717, 1.165) is 24.1 Å². The molecule has 1 fully saturated rings. The summed E-state index contributed by atoms with van der Waals surface area (Å²) in [6, 6.07) is 2.98. The molecule has 2 atom stereocenters. The van der Waals surface area contributed by atoms with E-state index in [4.69, 9.17) is 10.5 Å². The molecule has 1 aromatic carbocycles. The zero-order valence-electron chi connectivity index (χ0n) is 10.5. The first-order valence-corrected chi connectivity index (χ1v) is 5.87. The number of benzene rings is 1. The molecule has 4 heteroatoms. The van der Waals surface area contributed by atoms with Crippen molar-refractivity contribution in [2.75, 3.05) is 31.3 Å². The Hall–Kier alpha value is -1.45. The van der Waals surface area contributed by atoms with Crippen molar-refractivity contribution in [2.45, 2.75) is 13.3 Å². The fourth-order valence-corrected chi connectivity index (χ4v) is 2.15. The Morgan fingerprint density at radius 2 is 2.18 bits per heavy atom. The summed E-state index contributed by atoms with van der Waals surface area (Å²) in [4.78, 5) is 2.07. The summed E-state index contributed by atoms with van der Waals surface area (Å²) in [5, 5.41) is 0. The molecule has 1 aliphatic carbocycles. The number of halogens is 1. The van der Waals surface area contributed by atoms with Crippen molar-refractivity contribution in [1.29, 1.82) is 0 Å². The molecule has 1 aromatic rings. The minimum Gasteiger partial charge on any atom is -0.494 e. The molecule has 0 bridgehead atoms. The molecular formula is C13H19FN2O. The van der Waals surface area contributed by atoms with E-state index in [2.05, 4.69) is 11.8 Å². The van der Waals surface area contributed by atoms with E-state index in [1.54, 1.807) is 6.07 Å². The highest BCUT2D eigenvalue weighted by atomic mass is 19.1. The van der Waals surface area contributed by atoms with Crippen molar-refractivity contribution in [3.63, 3.8) is 0 Å². The molecule has 94 valence electrons. The van der Waals surface area contributed by atoms with Crippen LogP contribution in [0.1, 0.15) is 13.3 Å². The number of nitrogens with zero attached hydrogens (tertiary/aromatic N) is 1. The number of hydrogen-bond acceptors (Lipinski definition) is 3. The first-order chi connectivity index (χ1) is 8.02. The predicted molar refractivity (Wildman–Crippen MR) is 67.9 cm³/mol. The van der Waals surface area contributed by atoms with E-state index in [1.165, 1.54) is 19.6 Å². The Balaban J connectivity index is 2.18. The molecule has 1 saturated carbocycles. The molecule has 3 nitrogen and oxygen atoms in total. The second-order valence-electron chi connectivity index (χ2n) is 4.90. The molecule has 0 radical (unpaired) electrons. The monoisotopic (exact) mass is 238 g/mol. The van der Waals surface area contributed by atoms with Gasteiger partial charge in [-0.15, -0.1) is 0 Å². The van der Waals surface area contributed by atoms with Gasteiger partial charge in [0.1, 0.15) is 0 Å². The number of ether oxygens (including phenoxy) is 1. The van der Waals surface area contributed by atoms with Crippen LogP contribution in [0.2, 0.25) is 0 Å². The van der Waals surface area contributed by atoms with E-state index in [1.807, 2.05) is 7.05 Å². The van der Waals surface area contributed by atoms with Crippen molar-refractivity contribution in [1.82, 2.24) is 0 Å². The largest absolute Gasteiger partial charge is 0.494 e. The lowest BCUT2D eigenvalue weighted by molar-refractivity contribution is 0.387. The fraction of sp³-hybridized carbons (Fsp3) is 0.538. The van der Waals surface area contributed by atoms with E-state index in [9.17, 15) is 4.39 Å². The van der Waals surface area contributed by atoms with Crippen molar-refractivity contribution in [3.8, 4) is 5.75 Å². The number of nitrogen functional groups attached to an aromatic ring is 1. The first-order valence-electron chi connectivity index (χ1n) is 5.87. The summed E-state index contributed by atoms with van der Waals surface area (Å²) in [5.74, 6) is 1.35. The van der Waals surface area contributed by atoms with E-state index >= 15 is 0 Å². The number of anilines is 2. The van der Waals surface area contributed by atoms with Gasteiger partial charge in [0.05, 0.1) is 18.5 Å². The Morgan fingerprint density at radius 3 is 2.71 bits per heavy atom. The summed E-state index contributed by atoms with van der Waals surface area (Å²) in [5.41, 5.74) is 7.13. The van der Waals surface area contributed by atoms with Gasteiger partial charge in [0.25, 0.3) is 0 Å². The molecule has 2 rings (SSSR count). The zero-order valence-corrected chi connectivity index (χ0v) is 10.5. The van der Waals surface area contributed by atoms with Crippen LogP contribution >= 0.6 is 0 Å². The summed E-state index contributed by atoms with van der Waals surface area (Å²) in [6.45, 7) is 3.20. The Kier molecular flexibility index (Phi) is 3.13. The first kappa shape index (κ1) is 12.0. The minimum absolute atomic E-state index is 0.241. The Morgan fingerprint density at radius 1 is 1.53 bits per heavy atom. The molecule has 0 aromatic heterocycles. The van der Waals surface area contributed by atoms with E-state index in [0.29, 0.717) is 5.69 Å². The molecule has 0 amide bonds. The number of nitrogens with two attached hydrogens (primary N) is 1. The quantitative estimate of drug-likeness (QED) is 0.819. The summed E-state index contributed by atoms with van der Waals surface area (Å²) in [6.07, 6.45) is 1.27. The average Bonchev–Trinajstić information content (AvgIpc) is 2.94. The third-order valence-corrected chi connectivity index (χ3v) is 3.50. The van der Waals surface area contributed by atoms with Gasteiger partial charge in [0, 0.05) is 25.7 Å². The molecule has 0 aliphatic heterocycles.